The summed E-state index contributed by atoms with van der Waals surface area (Å²) < 4.78 is 27.1. The number of benzene rings is 13. The predicted octanol–water partition coefficient (Wildman–Crippen LogP) is 14.1. The van der Waals surface area contributed by atoms with Gasteiger partial charge in [-0.15, -0.1) is 0 Å². The van der Waals surface area contributed by atoms with Crippen molar-refractivity contribution >= 4 is 151 Å². The predicted molar refractivity (Wildman–Crippen MR) is 342 cm³/mol. The van der Waals surface area contributed by atoms with E-state index >= 15 is 0 Å². The number of rotatable bonds is 6. The van der Waals surface area contributed by atoms with Gasteiger partial charge in [0.25, 0.3) is 0 Å². The van der Waals surface area contributed by atoms with Gasteiger partial charge >= 0.3 is 483 Å². The van der Waals surface area contributed by atoms with E-state index in [1.54, 1.807) is 0 Å². The average Bonchev–Trinajstić information content (AvgIpc) is 2.96. The first-order chi connectivity index (χ1) is 40.7. The average molecular weight is 1170 g/mol. The summed E-state index contributed by atoms with van der Waals surface area (Å²) >= 11 is -9.10. The number of hydrogen-bond donors (Lipinski definition) is 0. The van der Waals surface area contributed by atoms with E-state index in [0.29, 0.717) is 0 Å². The molecule has 6 aliphatic heterocycles. The molecule has 0 amide bonds. The second-order valence-corrected chi connectivity index (χ2v) is 37.2. The van der Waals surface area contributed by atoms with E-state index in [9.17, 15) is 0 Å². The summed E-state index contributed by atoms with van der Waals surface area (Å²) in [5.74, 6) is 3.65. The molecule has 6 heterocycles. The van der Waals surface area contributed by atoms with Gasteiger partial charge in [-0.3, -0.25) is 0 Å². The first-order valence-corrected chi connectivity index (χ1v) is 36.7. The number of nitrogens with zero attached hydrogens (tertiary/aromatic N) is 4. The van der Waals surface area contributed by atoms with Crippen LogP contribution >= 0.6 is 0 Å². The summed E-state index contributed by atoms with van der Waals surface area (Å²) in [6, 6.07) is 104. The van der Waals surface area contributed by atoms with Gasteiger partial charge in [0.05, 0.1) is 0 Å². The van der Waals surface area contributed by atoms with Crippen LogP contribution in [0.3, 0.4) is 0 Å². The van der Waals surface area contributed by atoms with Crippen LogP contribution in [-0.2, 0) is 0 Å². The zero-order valence-corrected chi connectivity index (χ0v) is 48.4. The Morgan fingerprint density at radius 3 is 0.927 bits per heavy atom. The van der Waals surface area contributed by atoms with Gasteiger partial charge in [-0.1, -0.05) is 0 Å². The van der Waals surface area contributed by atoms with Gasteiger partial charge in [0, 0.05) is 0 Å². The number of fused-ring (bicyclic) bond motifs is 6. The van der Waals surface area contributed by atoms with Crippen molar-refractivity contribution in [1.82, 2.24) is 0 Å². The molecule has 6 aliphatic rings. The zero-order chi connectivity index (χ0) is 53.4. The molecule has 0 spiro atoms. The Bertz CT molecular complexity index is 4590. The Kier molecular flexibility index (Phi) is 9.03. The van der Waals surface area contributed by atoms with Crippen molar-refractivity contribution in [1.29, 1.82) is 0 Å². The summed E-state index contributed by atoms with van der Waals surface area (Å²) in [6.45, 7) is 0. The minimum atomic E-state index is -4.55. The van der Waals surface area contributed by atoms with E-state index in [4.69, 9.17) is 9.47 Å². The van der Waals surface area contributed by atoms with Crippen LogP contribution in [0.2, 0.25) is 0 Å². The van der Waals surface area contributed by atoms with E-state index < -0.39 is 26.5 Å². The zero-order valence-electron chi connectivity index (χ0n) is 44.2. The molecule has 0 saturated heterocycles. The van der Waals surface area contributed by atoms with Crippen molar-refractivity contribution in [3.8, 4) is 23.0 Å². The van der Waals surface area contributed by atoms with Crippen molar-refractivity contribution in [2.75, 3.05) is 19.6 Å². The first kappa shape index (κ1) is 45.0. The van der Waals surface area contributed by atoms with E-state index in [1.807, 2.05) is 0 Å². The van der Waals surface area contributed by atoms with Crippen LogP contribution in [0.15, 0.2) is 279 Å². The Labute approximate surface area is 479 Å². The quantitative estimate of drug-likeness (QED) is 0.154. The molecule has 0 fully saturated rings. The van der Waals surface area contributed by atoms with Crippen LogP contribution in [0.5, 0.6) is 23.0 Å². The Morgan fingerprint density at radius 2 is 0.561 bits per heavy atom. The number of ether oxygens (including phenoxy) is 2. The molecule has 13 aromatic carbocycles. The van der Waals surface area contributed by atoms with Crippen molar-refractivity contribution in [2.24, 2.45) is 0 Å². The molecule has 82 heavy (non-hydrogen) atoms. The number of hydrogen-bond acceptors (Lipinski definition) is 6. The van der Waals surface area contributed by atoms with Gasteiger partial charge in [-0.25, -0.2) is 0 Å². The second kappa shape index (κ2) is 16.4. The summed E-state index contributed by atoms with van der Waals surface area (Å²) in [4.78, 5) is 10.3. The summed E-state index contributed by atoms with van der Waals surface area (Å²) in [5.41, 5.74) is 13.6. The van der Waals surface area contributed by atoms with Crippen LogP contribution in [0.25, 0.3) is 21.5 Å². The first-order valence-electron chi connectivity index (χ1n) is 28.3. The van der Waals surface area contributed by atoms with Gasteiger partial charge < -0.3 is 0 Å². The number of anilines is 12. The molecule has 382 valence electrons. The summed E-state index contributed by atoms with van der Waals surface area (Å²) in [5, 5.41) is 4.78. The van der Waals surface area contributed by atoms with Crippen LogP contribution in [0.1, 0.15) is 0 Å². The van der Waals surface area contributed by atoms with Gasteiger partial charge in [-0.2, -0.15) is 0 Å². The third-order valence-electron chi connectivity index (χ3n) is 18.4. The van der Waals surface area contributed by atoms with Crippen molar-refractivity contribution in [3.05, 3.63) is 279 Å². The minimum absolute atomic E-state index is 0.908. The van der Waals surface area contributed by atoms with Crippen LogP contribution in [-0.4, -0.2) is 26.5 Å². The second-order valence-electron chi connectivity index (χ2n) is 22.2. The fourth-order valence-corrected chi connectivity index (χ4v) is 39.3. The van der Waals surface area contributed by atoms with Crippen molar-refractivity contribution in [2.45, 2.75) is 0 Å². The molecule has 0 saturated carbocycles. The number of para-hydroxylation sites is 4. The van der Waals surface area contributed by atoms with Gasteiger partial charge in [0.1, 0.15) is 0 Å². The molecule has 6 nitrogen and oxygen atoms in total. The van der Waals surface area contributed by atoms with Crippen molar-refractivity contribution in [3.63, 3.8) is 0 Å². The summed E-state index contributed by atoms with van der Waals surface area (Å²) in [7, 11) is 0. The topological polar surface area (TPSA) is 31.4 Å². The van der Waals surface area contributed by atoms with Gasteiger partial charge in [0.15, 0.2) is 0 Å². The molecule has 2 unspecified atom stereocenters. The Morgan fingerprint density at radius 1 is 0.244 bits per heavy atom. The molecular formula is C74H46Ge2N4O2. The standard InChI is InChI=1S/C74H46Ge2N4O2/c1-7-27-49(28-8-1)75-63-57-41-23-43-61(63)81-73-67(75)71(79(53-35-15-5-16-36-53)59-45-47-25-19-21-39-55(47)69(65(59)75)77(57)51-31-11-3-12-32-51)74-68-72(73)80(54-37-17-6-18-38-54)60-46-48-26-20-22-40-56(48)70-66(60)76(68,50-29-9-2-10-30-50)64-58(42-24-44-62(64)82-74)78(70)52-33-13-4-14-34-52/h1-46H. The van der Waals surface area contributed by atoms with E-state index in [0.717, 1.165) is 68.5 Å². The van der Waals surface area contributed by atoms with Crippen LogP contribution in [0, 0.1) is 0 Å². The third kappa shape index (κ3) is 5.47. The maximum atomic E-state index is 8.30. The molecule has 8 heteroatoms. The van der Waals surface area contributed by atoms with Crippen molar-refractivity contribution < 1.29 is 9.47 Å². The molecular weight excluding hydrogens is 1120 g/mol. The molecule has 13 aromatic rings. The molecule has 0 bridgehead atoms. The third-order valence-corrected chi connectivity index (χ3v) is 39.0. The SMILES string of the molecule is c1ccc(N2c3cc4ccccc4c4[c]3[Ge]3([c]5ccccc5)[c]5c(cccc5N4c4ccccc4)Oc4c5[c]6c(c2[c]43)Oc2cccc3[c]2[Ge]6([c]2ccccc2)[c]2c(cc4ccccc4c2N3c2ccccc2)N5c2ccccc2)cc1. The monoisotopic (exact) mass is 1170 g/mol. The normalized spacial score (nSPS) is 17.5. The fraction of sp³-hybridized carbons (Fsp3) is 0. The Balaban J connectivity index is 1.10. The van der Waals surface area contributed by atoms with Gasteiger partial charge in [-0.05, 0) is 0 Å². The maximum absolute atomic E-state index is 8.30. The molecule has 0 N–H and O–H groups in total. The summed E-state index contributed by atoms with van der Waals surface area (Å²) in [6.07, 6.45) is 0. The molecule has 0 aliphatic carbocycles. The Hall–Kier alpha value is -9.73. The van der Waals surface area contributed by atoms with E-state index in [2.05, 4.69) is 299 Å². The van der Waals surface area contributed by atoms with Gasteiger partial charge in [0.2, 0.25) is 0 Å². The van der Waals surface area contributed by atoms with E-state index in [-0.39, 0.29) is 0 Å². The molecule has 0 radical (unpaired) electrons. The van der Waals surface area contributed by atoms with Crippen LogP contribution in [0.4, 0.5) is 68.2 Å². The molecule has 0 aromatic heterocycles. The van der Waals surface area contributed by atoms with Crippen LogP contribution < -0.4 is 64.2 Å². The van der Waals surface area contributed by atoms with E-state index in [1.165, 1.54) is 79.5 Å². The fourth-order valence-electron chi connectivity index (χ4n) is 15.6. The molecule has 19 rings (SSSR count). The molecule has 2 atom stereocenters.